The molecule has 1 saturated heterocycles. The maximum Gasteiger partial charge on any atom is 0.237 e. The number of hydrogen-bond donors (Lipinski definition) is 2. The van der Waals surface area contributed by atoms with Crippen molar-refractivity contribution in [3.8, 4) is 0 Å². The van der Waals surface area contributed by atoms with Gasteiger partial charge in [0.25, 0.3) is 0 Å². The Morgan fingerprint density at radius 3 is 2.67 bits per heavy atom. The lowest BCUT2D eigenvalue weighted by Crippen LogP contribution is -2.50. The highest BCUT2D eigenvalue weighted by Crippen LogP contribution is 2.04. The molecule has 1 aliphatic rings. The number of ether oxygens (including phenoxy) is 1. The predicted octanol–water partition coefficient (Wildman–Crippen LogP) is 0.393. The van der Waals surface area contributed by atoms with Gasteiger partial charge in [0.1, 0.15) is 0 Å². The number of nitrogens with zero attached hydrogens (tertiary/aromatic N) is 1. The fourth-order valence-corrected chi connectivity index (χ4v) is 2.49. The third kappa shape index (κ3) is 5.12. The van der Waals surface area contributed by atoms with Gasteiger partial charge in [-0.3, -0.25) is 9.69 Å². The van der Waals surface area contributed by atoms with Crippen LogP contribution in [-0.2, 0) is 16.0 Å². The van der Waals surface area contributed by atoms with E-state index in [-0.39, 0.29) is 5.91 Å². The lowest BCUT2D eigenvalue weighted by atomic mass is 10.1. The van der Waals surface area contributed by atoms with Gasteiger partial charge in [-0.1, -0.05) is 30.3 Å². The summed E-state index contributed by atoms with van der Waals surface area (Å²) in [7, 11) is 0. The zero-order valence-corrected chi connectivity index (χ0v) is 12.6. The number of benzene rings is 1. The molecule has 1 aromatic carbocycles. The van der Waals surface area contributed by atoms with Crippen molar-refractivity contribution >= 4 is 5.91 Å². The SMILES string of the molecule is CC(CNC(=O)C(N)Cc1ccccc1)N1CCOCC1. The Morgan fingerprint density at radius 1 is 1.33 bits per heavy atom. The monoisotopic (exact) mass is 291 g/mol. The van der Waals surface area contributed by atoms with Crippen LogP contribution in [0.5, 0.6) is 0 Å². The Kier molecular flexibility index (Phi) is 6.17. The van der Waals surface area contributed by atoms with Crippen LogP contribution in [0.2, 0.25) is 0 Å². The Balaban J connectivity index is 1.73. The summed E-state index contributed by atoms with van der Waals surface area (Å²) in [4.78, 5) is 14.4. The van der Waals surface area contributed by atoms with Gasteiger partial charge in [0, 0.05) is 25.7 Å². The number of carbonyl (C=O) groups is 1. The molecule has 1 aromatic rings. The van der Waals surface area contributed by atoms with Gasteiger partial charge in [-0.05, 0) is 18.9 Å². The molecule has 0 spiro atoms. The van der Waals surface area contributed by atoms with Crippen molar-refractivity contribution in [2.75, 3.05) is 32.8 Å². The highest BCUT2D eigenvalue weighted by atomic mass is 16.5. The number of nitrogens with one attached hydrogen (secondary N) is 1. The van der Waals surface area contributed by atoms with Crippen LogP contribution >= 0.6 is 0 Å². The van der Waals surface area contributed by atoms with Crippen molar-refractivity contribution in [2.24, 2.45) is 5.73 Å². The summed E-state index contributed by atoms with van der Waals surface area (Å²) in [5.41, 5.74) is 7.05. The highest BCUT2D eigenvalue weighted by Gasteiger charge is 2.19. The van der Waals surface area contributed by atoms with E-state index >= 15 is 0 Å². The maximum atomic E-state index is 12.1. The van der Waals surface area contributed by atoms with Gasteiger partial charge in [0.2, 0.25) is 5.91 Å². The first-order chi connectivity index (χ1) is 10.2. The molecule has 0 radical (unpaired) electrons. The molecular weight excluding hydrogens is 266 g/mol. The lowest BCUT2D eigenvalue weighted by Gasteiger charge is -2.32. The first kappa shape index (κ1) is 15.9. The van der Waals surface area contributed by atoms with Gasteiger partial charge in [0.05, 0.1) is 19.3 Å². The van der Waals surface area contributed by atoms with E-state index in [2.05, 4.69) is 17.1 Å². The zero-order chi connectivity index (χ0) is 15.1. The topological polar surface area (TPSA) is 67.6 Å². The van der Waals surface area contributed by atoms with Gasteiger partial charge in [-0.25, -0.2) is 0 Å². The first-order valence-corrected chi connectivity index (χ1v) is 7.56. The second-order valence-corrected chi connectivity index (χ2v) is 5.54. The molecule has 21 heavy (non-hydrogen) atoms. The van der Waals surface area contributed by atoms with Crippen LogP contribution in [0.15, 0.2) is 30.3 Å². The Labute approximate surface area is 126 Å². The van der Waals surface area contributed by atoms with Crippen LogP contribution in [0.3, 0.4) is 0 Å². The maximum absolute atomic E-state index is 12.1. The standard InChI is InChI=1S/C16H25N3O2/c1-13(19-7-9-21-10-8-19)12-18-16(20)15(17)11-14-5-3-2-4-6-14/h2-6,13,15H,7-12,17H2,1H3,(H,18,20). The zero-order valence-electron chi connectivity index (χ0n) is 12.6. The van der Waals surface area contributed by atoms with Crippen molar-refractivity contribution in [1.82, 2.24) is 10.2 Å². The second-order valence-electron chi connectivity index (χ2n) is 5.54. The summed E-state index contributed by atoms with van der Waals surface area (Å²) in [5.74, 6) is -0.0843. The van der Waals surface area contributed by atoms with E-state index < -0.39 is 6.04 Å². The quantitative estimate of drug-likeness (QED) is 0.796. The predicted molar refractivity (Wildman–Crippen MR) is 83.0 cm³/mol. The fraction of sp³-hybridized carbons (Fsp3) is 0.562. The average molecular weight is 291 g/mol. The van der Waals surface area contributed by atoms with E-state index in [1.54, 1.807) is 0 Å². The molecular formula is C16H25N3O2. The minimum Gasteiger partial charge on any atom is -0.379 e. The highest BCUT2D eigenvalue weighted by molar-refractivity contribution is 5.81. The number of hydrogen-bond acceptors (Lipinski definition) is 4. The fourth-order valence-electron chi connectivity index (χ4n) is 2.49. The molecule has 0 saturated carbocycles. The van der Waals surface area contributed by atoms with Crippen molar-refractivity contribution < 1.29 is 9.53 Å². The molecule has 5 nitrogen and oxygen atoms in total. The Bertz CT molecular complexity index is 432. The number of morpholine rings is 1. The molecule has 0 bridgehead atoms. The number of nitrogens with two attached hydrogens (primary N) is 1. The van der Waals surface area contributed by atoms with Crippen LogP contribution in [-0.4, -0.2) is 55.7 Å². The molecule has 1 heterocycles. The van der Waals surface area contributed by atoms with E-state index in [1.807, 2.05) is 30.3 Å². The summed E-state index contributed by atoms with van der Waals surface area (Å²) in [5, 5.41) is 2.95. The molecule has 2 atom stereocenters. The molecule has 116 valence electrons. The van der Waals surface area contributed by atoms with E-state index in [4.69, 9.17) is 10.5 Å². The Morgan fingerprint density at radius 2 is 2.00 bits per heavy atom. The summed E-state index contributed by atoms with van der Waals surface area (Å²) >= 11 is 0. The molecule has 1 aliphatic heterocycles. The molecule has 1 amide bonds. The van der Waals surface area contributed by atoms with Gasteiger partial charge in [-0.15, -0.1) is 0 Å². The largest absolute Gasteiger partial charge is 0.379 e. The summed E-state index contributed by atoms with van der Waals surface area (Å²) in [6, 6.07) is 9.67. The van der Waals surface area contributed by atoms with Crippen LogP contribution in [0.4, 0.5) is 0 Å². The van der Waals surface area contributed by atoms with Crippen molar-refractivity contribution in [1.29, 1.82) is 0 Å². The van der Waals surface area contributed by atoms with E-state index in [1.165, 1.54) is 0 Å². The summed E-state index contributed by atoms with van der Waals surface area (Å²) in [6.07, 6.45) is 0.568. The van der Waals surface area contributed by atoms with E-state index in [0.717, 1.165) is 31.9 Å². The molecule has 5 heteroatoms. The lowest BCUT2D eigenvalue weighted by molar-refractivity contribution is -0.122. The Hall–Kier alpha value is -1.43. The average Bonchev–Trinajstić information content (AvgIpc) is 2.54. The van der Waals surface area contributed by atoms with Gasteiger partial charge in [-0.2, -0.15) is 0 Å². The smallest absolute Gasteiger partial charge is 0.237 e. The normalized spacial score (nSPS) is 19.0. The molecule has 0 aromatic heterocycles. The van der Waals surface area contributed by atoms with E-state index in [0.29, 0.717) is 19.0 Å². The minimum atomic E-state index is -0.496. The minimum absolute atomic E-state index is 0.0843. The molecule has 1 fully saturated rings. The van der Waals surface area contributed by atoms with Gasteiger partial charge in [0.15, 0.2) is 0 Å². The van der Waals surface area contributed by atoms with Crippen molar-refractivity contribution in [2.45, 2.75) is 25.4 Å². The van der Waals surface area contributed by atoms with Crippen LogP contribution in [0, 0.1) is 0 Å². The number of amides is 1. The molecule has 0 aliphatic carbocycles. The van der Waals surface area contributed by atoms with Crippen molar-refractivity contribution in [3.63, 3.8) is 0 Å². The van der Waals surface area contributed by atoms with Gasteiger partial charge >= 0.3 is 0 Å². The van der Waals surface area contributed by atoms with Crippen LogP contribution in [0.1, 0.15) is 12.5 Å². The summed E-state index contributed by atoms with van der Waals surface area (Å²) in [6.45, 7) is 6.13. The van der Waals surface area contributed by atoms with E-state index in [9.17, 15) is 4.79 Å². The van der Waals surface area contributed by atoms with Crippen LogP contribution < -0.4 is 11.1 Å². The molecule has 2 unspecified atom stereocenters. The third-order valence-corrected chi connectivity index (χ3v) is 3.88. The molecule has 3 N–H and O–H groups in total. The van der Waals surface area contributed by atoms with Gasteiger partial charge < -0.3 is 15.8 Å². The van der Waals surface area contributed by atoms with Crippen molar-refractivity contribution in [3.05, 3.63) is 35.9 Å². The number of rotatable bonds is 6. The van der Waals surface area contributed by atoms with Crippen LogP contribution in [0.25, 0.3) is 0 Å². The first-order valence-electron chi connectivity index (χ1n) is 7.56. The number of carbonyl (C=O) groups excluding carboxylic acids is 1. The molecule has 2 rings (SSSR count). The summed E-state index contributed by atoms with van der Waals surface area (Å²) < 4.78 is 5.33. The third-order valence-electron chi connectivity index (χ3n) is 3.88. The second kappa shape index (κ2) is 8.12.